The molecule has 4 rings (SSSR count). The predicted molar refractivity (Wildman–Crippen MR) is 106 cm³/mol. The molecular weight excluding hydrogens is 427 g/mol. The van der Waals surface area contributed by atoms with Crippen molar-refractivity contribution >= 4 is 21.8 Å². The summed E-state index contributed by atoms with van der Waals surface area (Å²) in [5.41, 5.74) is 0.955. The van der Waals surface area contributed by atoms with E-state index in [2.05, 4.69) is 10.1 Å². The van der Waals surface area contributed by atoms with Gasteiger partial charge in [0, 0.05) is 5.56 Å². The van der Waals surface area contributed by atoms with Gasteiger partial charge in [-0.1, -0.05) is 30.3 Å². The lowest BCUT2D eigenvalue weighted by atomic mass is 10.0. The third-order valence-electron chi connectivity index (χ3n) is 4.69. The molecule has 160 valence electrons. The summed E-state index contributed by atoms with van der Waals surface area (Å²) in [5.74, 6) is -2.50. The fraction of sp³-hybridized carbons (Fsp3) is 0.200. The van der Waals surface area contributed by atoms with Crippen LogP contribution in [0.2, 0.25) is 0 Å². The van der Waals surface area contributed by atoms with Crippen molar-refractivity contribution in [2.24, 2.45) is 0 Å². The van der Waals surface area contributed by atoms with Crippen LogP contribution in [0.4, 0.5) is 4.39 Å². The second-order valence-corrected chi connectivity index (χ2v) is 8.84. The molecule has 0 radical (unpaired) electrons. The molecule has 9 nitrogen and oxygen atoms in total. The van der Waals surface area contributed by atoms with Crippen LogP contribution >= 0.6 is 0 Å². The number of benzene rings is 2. The zero-order chi connectivity index (χ0) is 22.2. The van der Waals surface area contributed by atoms with Gasteiger partial charge in [-0.25, -0.2) is 17.1 Å². The second kappa shape index (κ2) is 7.91. The van der Waals surface area contributed by atoms with Crippen LogP contribution in [0.5, 0.6) is 6.01 Å². The molecule has 31 heavy (non-hydrogen) atoms. The van der Waals surface area contributed by atoms with Gasteiger partial charge in [0.1, 0.15) is 18.3 Å². The van der Waals surface area contributed by atoms with Gasteiger partial charge in [-0.2, -0.15) is 4.98 Å². The lowest BCUT2D eigenvalue weighted by molar-refractivity contribution is -0.135. The van der Waals surface area contributed by atoms with Crippen LogP contribution in [-0.2, 0) is 21.4 Å². The van der Waals surface area contributed by atoms with Crippen molar-refractivity contribution in [1.29, 1.82) is 0 Å². The minimum absolute atomic E-state index is 0.0108. The van der Waals surface area contributed by atoms with Crippen molar-refractivity contribution in [1.82, 2.24) is 19.1 Å². The fourth-order valence-electron chi connectivity index (χ4n) is 3.00. The third kappa shape index (κ3) is 4.17. The van der Waals surface area contributed by atoms with Gasteiger partial charge in [-0.15, -0.1) is 9.78 Å². The van der Waals surface area contributed by atoms with Gasteiger partial charge in [-0.05, 0) is 29.8 Å². The lowest BCUT2D eigenvalue weighted by Gasteiger charge is -2.34. The van der Waals surface area contributed by atoms with E-state index in [-0.39, 0.29) is 25.0 Å². The standard InChI is InChI=1S/C20H17FN4O5S/c1-31(28,29)24-11-16(19(24)27)17-22-20(30-12-13-7-9-15(21)10-8-13)25(23-17)18(26)14-5-3-2-4-6-14/h2-10,16H,11-12H2,1H3. The summed E-state index contributed by atoms with van der Waals surface area (Å²) in [4.78, 5) is 29.4. The number of carbonyl (C=O) groups is 2. The van der Waals surface area contributed by atoms with Gasteiger partial charge in [0.05, 0.1) is 12.8 Å². The molecule has 11 heteroatoms. The number of carbonyl (C=O) groups excluding carboxylic acids is 2. The number of aromatic nitrogens is 3. The summed E-state index contributed by atoms with van der Waals surface area (Å²) in [6.07, 6.45) is 0.934. The third-order valence-corrected chi connectivity index (χ3v) is 5.82. The Morgan fingerprint density at radius 3 is 2.45 bits per heavy atom. The van der Waals surface area contributed by atoms with Crippen molar-refractivity contribution in [3.05, 3.63) is 77.4 Å². The molecule has 1 unspecified atom stereocenters. The van der Waals surface area contributed by atoms with Crippen molar-refractivity contribution < 1.29 is 27.1 Å². The number of halogens is 1. The van der Waals surface area contributed by atoms with E-state index in [1.54, 1.807) is 30.3 Å². The molecule has 3 aromatic rings. The average molecular weight is 444 g/mol. The maximum Gasteiger partial charge on any atom is 0.323 e. The normalized spacial score (nSPS) is 16.1. The zero-order valence-corrected chi connectivity index (χ0v) is 17.1. The van der Waals surface area contributed by atoms with E-state index in [1.165, 1.54) is 24.3 Å². The average Bonchev–Trinajstić information content (AvgIpc) is 3.14. The first-order valence-electron chi connectivity index (χ1n) is 9.19. The van der Waals surface area contributed by atoms with E-state index >= 15 is 0 Å². The molecule has 1 fully saturated rings. The molecule has 0 bridgehead atoms. The highest BCUT2D eigenvalue weighted by atomic mass is 32.2. The first-order chi connectivity index (χ1) is 14.7. The van der Waals surface area contributed by atoms with Crippen LogP contribution in [0.3, 0.4) is 0 Å². The zero-order valence-electron chi connectivity index (χ0n) is 16.3. The fourth-order valence-corrected chi connectivity index (χ4v) is 3.88. The van der Waals surface area contributed by atoms with E-state index in [1.807, 2.05) is 0 Å². The Morgan fingerprint density at radius 2 is 1.84 bits per heavy atom. The van der Waals surface area contributed by atoms with Crippen molar-refractivity contribution in [3.8, 4) is 6.01 Å². The largest absolute Gasteiger partial charge is 0.458 e. The monoisotopic (exact) mass is 444 g/mol. The molecule has 1 aliphatic heterocycles. The number of sulfonamides is 1. The van der Waals surface area contributed by atoms with Crippen molar-refractivity contribution in [2.75, 3.05) is 12.8 Å². The highest BCUT2D eigenvalue weighted by Gasteiger charge is 2.46. The Bertz CT molecular complexity index is 1240. The van der Waals surface area contributed by atoms with Crippen molar-refractivity contribution in [2.45, 2.75) is 12.5 Å². The first kappa shape index (κ1) is 20.7. The maximum absolute atomic E-state index is 13.1. The van der Waals surface area contributed by atoms with Gasteiger partial charge in [0.25, 0.3) is 5.91 Å². The number of hydrogen-bond acceptors (Lipinski definition) is 7. The molecule has 0 saturated carbocycles. The highest BCUT2D eigenvalue weighted by molar-refractivity contribution is 7.89. The van der Waals surface area contributed by atoms with Crippen LogP contribution in [0.15, 0.2) is 54.6 Å². The van der Waals surface area contributed by atoms with Gasteiger partial charge in [0.15, 0.2) is 5.82 Å². The SMILES string of the molecule is CS(=O)(=O)N1CC(c2nc(OCc3ccc(F)cc3)n(C(=O)c3ccccc3)n2)C1=O. The molecular formula is C20H17FN4O5S. The molecule has 1 aromatic heterocycles. The van der Waals surface area contributed by atoms with E-state index in [4.69, 9.17) is 4.74 Å². The van der Waals surface area contributed by atoms with E-state index in [0.29, 0.717) is 11.1 Å². The second-order valence-electron chi connectivity index (χ2n) is 6.94. The first-order valence-corrected chi connectivity index (χ1v) is 11.0. The van der Waals surface area contributed by atoms with Crippen molar-refractivity contribution in [3.63, 3.8) is 0 Å². The summed E-state index contributed by atoms with van der Waals surface area (Å²) in [5, 5.41) is 4.13. The number of rotatable bonds is 6. The maximum atomic E-state index is 13.1. The van der Waals surface area contributed by atoms with Crippen LogP contribution in [0.25, 0.3) is 0 Å². The van der Waals surface area contributed by atoms with Crippen LogP contribution in [-0.4, -0.2) is 52.1 Å². The number of nitrogens with zero attached hydrogens (tertiary/aromatic N) is 4. The number of ether oxygens (including phenoxy) is 1. The van der Waals surface area contributed by atoms with Gasteiger partial charge in [-0.3, -0.25) is 9.59 Å². The van der Waals surface area contributed by atoms with Crippen LogP contribution < -0.4 is 4.74 Å². The van der Waals surface area contributed by atoms with E-state index < -0.39 is 33.6 Å². The summed E-state index contributed by atoms with van der Waals surface area (Å²) >= 11 is 0. The predicted octanol–water partition coefficient (Wildman–Crippen LogP) is 1.57. The topological polar surface area (TPSA) is 111 Å². The molecule has 0 spiro atoms. The molecule has 2 aromatic carbocycles. The summed E-state index contributed by atoms with van der Waals surface area (Å²) in [7, 11) is -3.68. The molecule has 0 N–H and O–H groups in total. The minimum Gasteiger partial charge on any atom is -0.458 e. The minimum atomic E-state index is -3.68. The summed E-state index contributed by atoms with van der Waals surface area (Å²) < 4.78 is 43.6. The molecule has 1 aliphatic rings. The lowest BCUT2D eigenvalue weighted by Crippen LogP contribution is -2.53. The Balaban J connectivity index is 1.63. The Kier molecular flexibility index (Phi) is 5.27. The molecule has 0 aliphatic carbocycles. The van der Waals surface area contributed by atoms with Gasteiger partial charge >= 0.3 is 6.01 Å². The molecule has 1 saturated heterocycles. The molecule has 2 heterocycles. The van der Waals surface area contributed by atoms with Crippen LogP contribution in [0, 0.1) is 5.82 Å². The van der Waals surface area contributed by atoms with Gasteiger partial charge in [0.2, 0.25) is 15.9 Å². The Labute approximate surface area is 177 Å². The van der Waals surface area contributed by atoms with Crippen LogP contribution in [0.1, 0.15) is 27.7 Å². The number of amides is 1. The quantitative estimate of drug-likeness (QED) is 0.531. The van der Waals surface area contributed by atoms with E-state index in [9.17, 15) is 22.4 Å². The molecule has 1 atom stereocenters. The number of hydrogen-bond donors (Lipinski definition) is 0. The highest BCUT2D eigenvalue weighted by Crippen LogP contribution is 2.30. The summed E-state index contributed by atoms with van der Waals surface area (Å²) in [6, 6.07) is 13.7. The Hall–Kier alpha value is -3.60. The smallest absolute Gasteiger partial charge is 0.323 e. The summed E-state index contributed by atoms with van der Waals surface area (Å²) in [6.45, 7) is -0.132. The van der Waals surface area contributed by atoms with Gasteiger partial charge < -0.3 is 4.74 Å². The Morgan fingerprint density at radius 1 is 1.16 bits per heavy atom. The molecule has 1 amide bonds. The number of β-lactam (4-membered cyclic amide) rings is 1. The van der Waals surface area contributed by atoms with E-state index in [0.717, 1.165) is 15.2 Å².